The van der Waals surface area contributed by atoms with Gasteiger partial charge in [0, 0.05) is 30.8 Å². The second-order valence-electron chi connectivity index (χ2n) is 5.05. The zero-order chi connectivity index (χ0) is 13.1. The second kappa shape index (κ2) is 5.55. The SMILES string of the molecule is NCC1CCCN1Cc1cc(-c2ccccc2)on1. The van der Waals surface area contributed by atoms with E-state index in [9.17, 15) is 0 Å². The van der Waals surface area contributed by atoms with Crippen LogP contribution in [0.4, 0.5) is 0 Å². The lowest BCUT2D eigenvalue weighted by molar-refractivity contribution is 0.242. The highest BCUT2D eigenvalue weighted by Gasteiger charge is 2.24. The number of nitrogens with zero attached hydrogens (tertiary/aromatic N) is 2. The van der Waals surface area contributed by atoms with Gasteiger partial charge in [0.2, 0.25) is 0 Å². The second-order valence-corrected chi connectivity index (χ2v) is 5.05. The van der Waals surface area contributed by atoms with Crippen LogP contribution in [-0.4, -0.2) is 29.2 Å². The van der Waals surface area contributed by atoms with Crippen LogP contribution in [0.5, 0.6) is 0 Å². The van der Waals surface area contributed by atoms with Gasteiger partial charge in [-0.1, -0.05) is 35.5 Å². The predicted molar refractivity (Wildman–Crippen MR) is 74.4 cm³/mol. The van der Waals surface area contributed by atoms with Crippen LogP contribution in [0.15, 0.2) is 40.9 Å². The van der Waals surface area contributed by atoms with Gasteiger partial charge in [0.05, 0.1) is 5.69 Å². The molecule has 19 heavy (non-hydrogen) atoms. The minimum atomic E-state index is 0.497. The maximum Gasteiger partial charge on any atom is 0.167 e. The highest BCUT2D eigenvalue weighted by molar-refractivity contribution is 5.56. The molecule has 2 aromatic rings. The smallest absolute Gasteiger partial charge is 0.167 e. The number of hydrogen-bond donors (Lipinski definition) is 1. The summed E-state index contributed by atoms with van der Waals surface area (Å²) in [6.45, 7) is 2.66. The molecule has 3 rings (SSSR count). The van der Waals surface area contributed by atoms with Crippen molar-refractivity contribution < 1.29 is 4.52 Å². The Morgan fingerprint density at radius 1 is 1.32 bits per heavy atom. The fraction of sp³-hybridized carbons (Fsp3) is 0.400. The van der Waals surface area contributed by atoms with Crippen molar-refractivity contribution in [2.24, 2.45) is 5.73 Å². The molecule has 0 spiro atoms. The van der Waals surface area contributed by atoms with Crippen molar-refractivity contribution in [3.63, 3.8) is 0 Å². The minimum Gasteiger partial charge on any atom is -0.356 e. The lowest BCUT2D eigenvalue weighted by atomic mass is 10.1. The monoisotopic (exact) mass is 257 g/mol. The van der Waals surface area contributed by atoms with Gasteiger partial charge in [-0.2, -0.15) is 0 Å². The molecule has 0 saturated carbocycles. The molecule has 1 unspecified atom stereocenters. The summed E-state index contributed by atoms with van der Waals surface area (Å²) in [5.74, 6) is 0.832. The zero-order valence-electron chi connectivity index (χ0n) is 11.0. The molecule has 1 aliphatic heterocycles. The Bertz CT molecular complexity index is 523. The van der Waals surface area contributed by atoms with Gasteiger partial charge in [-0.3, -0.25) is 4.90 Å². The Labute approximate surface area is 113 Å². The molecular formula is C15H19N3O. The first-order chi connectivity index (χ1) is 9.36. The van der Waals surface area contributed by atoms with Crippen LogP contribution in [0.25, 0.3) is 11.3 Å². The molecule has 100 valence electrons. The molecule has 0 aliphatic carbocycles. The number of likely N-dealkylation sites (tertiary alicyclic amines) is 1. The van der Waals surface area contributed by atoms with Gasteiger partial charge in [0.15, 0.2) is 5.76 Å². The summed E-state index contributed by atoms with van der Waals surface area (Å²) in [5, 5.41) is 4.17. The average molecular weight is 257 g/mol. The van der Waals surface area contributed by atoms with Crippen molar-refractivity contribution in [3.05, 3.63) is 42.1 Å². The van der Waals surface area contributed by atoms with E-state index in [1.165, 1.54) is 12.8 Å². The van der Waals surface area contributed by atoms with E-state index in [0.29, 0.717) is 6.04 Å². The van der Waals surface area contributed by atoms with Crippen molar-refractivity contribution >= 4 is 0 Å². The van der Waals surface area contributed by atoms with E-state index in [4.69, 9.17) is 10.3 Å². The lowest BCUT2D eigenvalue weighted by Crippen LogP contribution is -2.34. The van der Waals surface area contributed by atoms with E-state index in [1.807, 2.05) is 36.4 Å². The van der Waals surface area contributed by atoms with Crippen molar-refractivity contribution in [3.8, 4) is 11.3 Å². The van der Waals surface area contributed by atoms with Gasteiger partial charge in [-0.05, 0) is 19.4 Å². The maximum absolute atomic E-state index is 5.79. The summed E-state index contributed by atoms with van der Waals surface area (Å²) in [4.78, 5) is 2.40. The fourth-order valence-electron chi connectivity index (χ4n) is 2.70. The third-order valence-electron chi connectivity index (χ3n) is 3.75. The molecule has 0 bridgehead atoms. The number of nitrogens with two attached hydrogens (primary N) is 1. The molecule has 1 aromatic carbocycles. The Morgan fingerprint density at radius 3 is 2.95 bits per heavy atom. The van der Waals surface area contributed by atoms with Gasteiger partial charge in [0.1, 0.15) is 0 Å². The normalized spacial score (nSPS) is 19.9. The van der Waals surface area contributed by atoms with Gasteiger partial charge >= 0.3 is 0 Å². The predicted octanol–water partition coefficient (Wildman–Crippen LogP) is 2.26. The molecule has 1 atom stereocenters. The van der Waals surface area contributed by atoms with Crippen molar-refractivity contribution in [2.75, 3.05) is 13.1 Å². The standard InChI is InChI=1S/C15H19N3O/c16-10-14-7-4-8-18(14)11-13-9-15(19-17-13)12-5-2-1-3-6-12/h1-3,5-6,9,14H,4,7-8,10-11,16H2. The van der Waals surface area contributed by atoms with E-state index in [1.54, 1.807) is 0 Å². The maximum atomic E-state index is 5.79. The molecule has 1 aliphatic rings. The van der Waals surface area contributed by atoms with Crippen LogP contribution < -0.4 is 5.73 Å². The van der Waals surface area contributed by atoms with E-state index in [-0.39, 0.29) is 0 Å². The molecular weight excluding hydrogens is 238 g/mol. The van der Waals surface area contributed by atoms with Crippen LogP contribution in [0.3, 0.4) is 0 Å². The highest BCUT2D eigenvalue weighted by Crippen LogP contribution is 2.23. The molecule has 1 fully saturated rings. The van der Waals surface area contributed by atoms with Crippen LogP contribution in [0, 0.1) is 0 Å². The topological polar surface area (TPSA) is 55.3 Å². The van der Waals surface area contributed by atoms with E-state index in [2.05, 4.69) is 10.1 Å². The Morgan fingerprint density at radius 2 is 2.16 bits per heavy atom. The first-order valence-electron chi connectivity index (χ1n) is 6.82. The molecule has 0 amide bonds. The molecule has 0 radical (unpaired) electrons. The third-order valence-corrected chi connectivity index (χ3v) is 3.75. The molecule has 4 nitrogen and oxygen atoms in total. The Kier molecular flexibility index (Phi) is 3.62. The number of benzene rings is 1. The summed E-state index contributed by atoms with van der Waals surface area (Å²) in [7, 11) is 0. The number of aromatic nitrogens is 1. The molecule has 2 heterocycles. The minimum absolute atomic E-state index is 0.497. The summed E-state index contributed by atoms with van der Waals surface area (Å²) >= 11 is 0. The first-order valence-corrected chi connectivity index (χ1v) is 6.82. The summed E-state index contributed by atoms with van der Waals surface area (Å²) in [6, 6.07) is 12.6. The third kappa shape index (κ3) is 2.69. The highest BCUT2D eigenvalue weighted by atomic mass is 16.5. The zero-order valence-corrected chi connectivity index (χ0v) is 11.0. The van der Waals surface area contributed by atoms with Gasteiger partial charge in [-0.15, -0.1) is 0 Å². The quantitative estimate of drug-likeness (QED) is 0.913. The van der Waals surface area contributed by atoms with Gasteiger partial charge in [0.25, 0.3) is 0 Å². The van der Waals surface area contributed by atoms with Crippen LogP contribution >= 0.6 is 0 Å². The Hall–Kier alpha value is -1.65. The van der Waals surface area contributed by atoms with Crippen LogP contribution in [0.1, 0.15) is 18.5 Å². The van der Waals surface area contributed by atoms with Gasteiger partial charge < -0.3 is 10.3 Å². The van der Waals surface area contributed by atoms with Crippen molar-refractivity contribution in [1.82, 2.24) is 10.1 Å². The lowest BCUT2D eigenvalue weighted by Gasteiger charge is -2.21. The van der Waals surface area contributed by atoms with Crippen LogP contribution in [0.2, 0.25) is 0 Å². The largest absolute Gasteiger partial charge is 0.356 e. The molecule has 1 aromatic heterocycles. The van der Waals surface area contributed by atoms with Gasteiger partial charge in [-0.25, -0.2) is 0 Å². The summed E-state index contributed by atoms with van der Waals surface area (Å²) in [6.07, 6.45) is 2.42. The summed E-state index contributed by atoms with van der Waals surface area (Å²) < 4.78 is 5.42. The number of rotatable bonds is 4. The number of hydrogen-bond acceptors (Lipinski definition) is 4. The van der Waals surface area contributed by atoms with E-state index < -0.39 is 0 Å². The summed E-state index contributed by atoms with van der Waals surface area (Å²) in [5.41, 5.74) is 7.84. The van der Waals surface area contributed by atoms with E-state index >= 15 is 0 Å². The molecule has 2 N–H and O–H groups in total. The van der Waals surface area contributed by atoms with Crippen molar-refractivity contribution in [1.29, 1.82) is 0 Å². The van der Waals surface area contributed by atoms with E-state index in [0.717, 1.165) is 36.7 Å². The molecule has 1 saturated heterocycles. The first kappa shape index (κ1) is 12.4. The fourth-order valence-corrected chi connectivity index (χ4v) is 2.70. The van der Waals surface area contributed by atoms with Crippen molar-refractivity contribution in [2.45, 2.75) is 25.4 Å². The Balaban J connectivity index is 1.72. The van der Waals surface area contributed by atoms with Crippen LogP contribution in [-0.2, 0) is 6.54 Å². The average Bonchev–Trinajstić information content (AvgIpc) is 3.09. The molecule has 4 heteroatoms.